The molecule has 0 saturated heterocycles. The van der Waals surface area contributed by atoms with E-state index in [-0.39, 0.29) is 17.6 Å². The second-order valence-electron chi connectivity index (χ2n) is 12.4. The first-order valence-electron chi connectivity index (χ1n) is 15.8. The van der Waals surface area contributed by atoms with Gasteiger partial charge in [-0.05, 0) is 92.2 Å². The Labute approximate surface area is 266 Å². The Hall–Kier alpha value is -5.09. The Morgan fingerprint density at radius 1 is 0.935 bits per heavy atom. The summed E-state index contributed by atoms with van der Waals surface area (Å²) in [6.07, 6.45) is 10.5. The summed E-state index contributed by atoms with van der Waals surface area (Å²) in [5.41, 5.74) is 8.06. The third-order valence-electron chi connectivity index (χ3n) is 8.76. The van der Waals surface area contributed by atoms with Gasteiger partial charge in [0.25, 0.3) is 0 Å². The van der Waals surface area contributed by atoms with Crippen LogP contribution in [0.2, 0.25) is 0 Å². The number of pyridine rings is 2. The van der Waals surface area contributed by atoms with E-state index in [0.29, 0.717) is 17.9 Å². The van der Waals surface area contributed by atoms with Crippen LogP contribution in [0.4, 0.5) is 15.8 Å². The third-order valence-corrected chi connectivity index (χ3v) is 8.76. The van der Waals surface area contributed by atoms with Crippen LogP contribution in [-0.4, -0.2) is 63.1 Å². The number of fused-ring (bicyclic) bond motifs is 2. The summed E-state index contributed by atoms with van der Waals surface area (Å²) in [6.45, 7) is 1.55. The maximum absolute atomic E-state index is 14.7. The summed E-state index contributed by atoms with van der Waals surface area (Å²) < 4.78 is 14.7. The van der Waals surface area contributed by atoms with Crippen LogP contribution in [0.5, 0.6) is 0 Å². The van der Waals surface area contributed by atoms with Gasteiger partial charge in [-0.15, -0.1) is 0 Å². The molecule has 10 heteroatoms. The van der Waals surface area contributed by atoms with Gasteiger partial charge < -0.3 is 20.5 Å². The minimum absolute atomic E-state index is 0.0706. The summed E-state index contributed by atoms with van der Waals surface area (Å²) in [4.78, 5) is 27.4. The van der Waals surface area contributed by atoms with Gasteiger partial charge in [-0.3, -0.25) is 14.9 Å². The van der Waals surface area contributed by atoms with Gasteiger partial charge >= 0.3 is 0 Å². The molecule has 2 aromatic carbocycles. The molecule has 0 aliphatic heterocycles. The van der Waals surface area contributed by atoms with E-state index in [2.05, 4.69) is 46.7 Å². The Kier molecular flexibility index (Phi) is 8.19. The second kappa shape index (κ2) is 12.7. The standard InChI is InChI=1S/C36H37FN8O/c1-45(2)13-12-39-27-15-24(14-26(37)18-27)29-10-11-40-35-30(29)19-33(42-35)34-31-17-23(8-9-32(31)43-44-34)25-16-28(21-38-20-25)41-36(46)22-6-4-3-5-7-22/h8-11,14-22,39H,3-7,12-13H2,1-2H3,(H,40,42)(H,41,46)(H,43,44). The number of aromatic amines is 2. The molecule has 1 saturated carbocycles. The Balaban J connectivity index is 1.19. The van der Waals surface area contributed by atoms with Crippen molar-refractivity contribution < 1.29 is 9.18 Å². The zero-order chi connectivity index (χ0) is 31.6. The monoisotopic (exact) mass is 616 g/mol. The number of hydrogen-bond acceptors (Lipinski definition) is 6. The molecule has 46 heavy (non-hydrogen) atoms. The van der Waals surface area contributed by atoms with E-state index in [4.69, 9.17) is 0 Å². The quantitative estimate of drug-likeness (QED) is 0.134. The molecule has 1 aliphatic carbocycles. The van der Waals surface area contributed by atoms with E-state index < -0.39 is 0 Å². The van der Waals surface area contributed by atoms with Crippen LogP contribution in [0.1, 0.15) is 32.1 Å². The molecule has 0 spiro atoms. The van der Waals surface area contributed by atoms with Crippen LogP contribution >= 0.6 is 0 Å². The Morgan fingerprint density at radius 3 is 2.63 bits per heavy atom. The van der Waals surface area contributed by atoms with Crippen molar-refractivity contribution in [3.05, 3.63) is 79.0 Å². The minimum atomic E-state index is -0.302. The van der Waals surface area contributed by atoms with Crippen molar-refractivity contribution in [3.63, 3.8) is 0 Å². The number of carbonyl (C=O) groups excluding carboxylic acids is 1. The number of amides is 1. The summed E-state index contributed by atoms with van der Waals surface area (Å²) in [6, 6.07) is 17.0. The highest BCUT2D eigenvalue weighted by Gasteiger charge is 2.21. The minimum Gasteiger partial charge on any atom is -0.384 e. The molecule has 0 bridgehead atoms. The topological polar surface area (TPSA) is 115 Å². The van der Waals surface area contributed by atoms with Crippen LogP contribution in [0.25, 0.3) is 55.6 Å². The summed E-state index contributed by atoms with van der Waals surface area (Å²) in [5, 5.41) is 16.0. The molecule has 7 rings (SSSR count). The first-order valence-corrected chi connectivity index (χ1v) is 15.8. The van der Waals surface area contributed by atoms with Crippen molar-refractivity contribution in [2.75, 3.05) is 37.8 Å². The zero-order valence-electron chi connectivity index (χ0n) is 26.0. The zero-order valence-corrected chi connectivity index (χ0v) is 26.0. The van der Waals surface area contributed by atoms with Crippen molar-refractivity contribution in [3.8, 4) is 33.6 Å². The number of likely N-dealkylation sites (N-methyl/N-ethyl adjacent to an activating group) is 1. The van der Waals surface area contributed by atoms with Gasteiger partial charge in [0.05, 0.1) is 23.1 Å². The van der Waals surface area contributed by atoms with Crippen LogP contribution in [0.3, 0.4) is 0 Å². The molecule has 4 aromatic heterocycles. The van der Waals surface area contributed by atoms with Gasteiger partial charge in [-0.2, -0.15) is 5.10 Å². The van der Waals surface area contributed by atoms with E-state index in [1.807, 2.05) is 50.5 Å². The van der Waals surface area contributed by atoms with Crippen molar-refractivity contribution >= 4 is 39.2 Å². The van der Waals surface area contributed by atoms with Crippen LogP contribution in [0.15, 0.2) is 73.2 Å². The number of benzene rings is 2. The number of H-pyrrole nitrogens is 2. The molecule has 234 valence electrons. The maximum atomic E-state index is 14.7. The molecule has 0 radical (unpaired) electrons. The summed E-state index contributed by atoms with van der Waals surface area (Å²) in [7, 11) is 4.02. The number of carbonyl (C=O) groups is 1. The Bertz CT molecular complexity index is 2020. The van der Waals surface area contributed by atoms with Gasteiger partial charge in [-0.1, -0.05) is 25.3 Å². The average Bonchev–Trinajstić information content (AvgIpc) is 3.69. The molecule has 6 aromatic rings. The van der Waals surface area contributed by atoms with Crippen molar-refractivity contribution in [1.82, 2.24) is 30.0 Å². The van der Waals surface area contributed by atoms with Crippen molar-refractivity contribution in [1.29, 1.82) is 0 Å². The fourth-order valence-corrected chi connectivity index (χ4v) is 6.35. The number of rotatable bonds is 9. The van der Waals surface area contributed by atoms with Gasteiger partial charge in [0.2, 0.25) is 5.91 Å². The second-order valence-corrected chi connectivity index (χ2v) is 12.4. The lowest BCUT2D eigenvalue weighted by molar-refractivity contribution is -0.120. The van der Waals surface area contributed by atoms with Gasteiger partial charge in [0, 0.05) is 53.4 Å². The molecule has 1 fully saturated rings. The molecular formula is C36H37FN8O. The van der Waals surface area contributed by atoms with Gasteiger partial charge in [-0.25, -0.2) is 9.37 Å². The normalized spacial score (nSPS) is 13.9. The highest BCUT2D eigenvalue weighted by molar-refractivity contribution is 6.01. The molecule has 1 aliphatic rings. The third kappa shape index (κ3) is 6.21. The van der Waals surface area contributed by atoms with Crippen LogP contribution in [-0.2, 0) is 4.79 Å². The van der Waals surface area contributed by atoms with E-state index in [1.165, 1.54) is 12.5 Å². The molecule has 9 nitrogen and oxygen atoms in total. The summed E-state index contributed by atoms with van der Waals surface area (Å²) in [5.74, 6) is -0.155. The van der Waals surface area contributed by atoms with Crippen molar-refractivity contribution in [2.24, 2.45) is 5.92 Å². The fraction of sp³-hybridized carbons (Fsp3) is 0.278. The number of halogens is 1. The number of nitrogens with zero attached hydrogens (tertiary/aromatic N) is 4. The molecular weight excluding hydrogens is 579 g/mol. The van der Waals surface area contributed by atoms with E-state index in [1.54, 1.807) is 24.7 Å². The SMILES string of the molecule is CN(C)CCNc1cc(F)cc(-c2ccnc3[nH]c(-c4n[nH]c5ccc(-c6cncc(NC(=O)C7CCCCC7)c6)cc45)cc23)c1. The fourth-order valence-electron chi connectivity index (χ4n) is 6.35. The predicted octanol–water partition coefficient (Wildman–Crippen LogP) is 7.47. The number of aromatic nitrogens is 5. The molecule has 1 amide bonds. The molecule has 0 atom stereocenters. The van der Waals surface area contributed by atoms with Crippen LogP contribution < -0.4 is 10.6 Å². The molecule has 4 N–H and O–H groups in total. The largest absolute Gasteiger partial charge is 0.384 e. The van der Waals surface area contributed by atoms with E-state index in [9.17, 15) is 9.18 Å². The van der Waals surface area contributed by atoms with Crippen LogP contribution in [0, 0.1) is 11.7 Å². The highest BCUT2D eigenvalue weighted by Crippen LogP contribution is 2.36. The lowest BCUT2D eigenvalue weighted by Crippen LogP contribution is -2.24. The van der Waals surface area contributed by atoms with Gasteiger partial charge in [0.1, 0.15) is 17.2 Å². The predicted molar refractivity (Wildman–Crippen MR) is 182 cm³/mol. The van der Waals surface area contributed by atoms with E-state index in [0.717, 1.165) is 87.8 Å². The average molecular weight is 617 g/mol. The number of hydrogen-bond donors (Lipinski definition) is 4. The maximum Gasteiger partial charge on any atom is 0.227 e. The lowest BCUT2D eigenvalue weighted by atomic mass is 9.88. The van der Waals surface area contributed by atoms with Crippen molar-refractivity contribution in [2.45, 2.75) is 32.1 Å². The molecule has 0 unspecified atom stereocenters. The molecule has 4 heterocycles. The first-order chi connectivity index (χ1) is 22.4. The Morgan fingerprint density at radius 2 is 1.78 bits per heavy atom. The number of nitrogens with one attached hydrogen (secondary N) is 4. The first kappa shape index (κ1) is 29.6. The van der Waals surface area contributed by atoms with E-state index >= 15 is 0 Å². The smallest absolute Gasteiger partial charge is 0.227 e. The summed E-state index contributed by atoms with van der Waals surface area (Å²) >= 11 is 0. The lowest BCUT2D eigenvalue weighted by Gasteiger charge is -2.20. The van der Waals surface area contributed by atoms with Gasteiger partial charge in [0.15, 0.2) is 0 Å². The highest BCUT2D eigenvalue weighted by atomic mass is 19.1. The number of anilines is 2.